The van der Waals surface area contributed by atoms with Gasteiger partial charge in [0.2, 0.25) is 5.91 Å². The number of benzene rings is 2. The molecule has 1 unspecified atom stereocenters. The van der Waals surface area contributed by atoms with E-state index in [1.165, 1.54) is 6.07 Å². The lowest BCUT2D eigenvalue weighted by atomic mass is 9.95. The first-order valence-corrected chi connectivity index (χ1v) is 14.6. The molecule has 1 saturated heterocycles. The summed E-state index contributed by atoms with van der Waals surface area (Å²) in [6.45, 7) is 13.4. The zero-order valence-corrected chi connectivity index (χ0v) is 24.5. The van der Waals surface area contributed by atoms with Crippen LogP contribution in [0.4, 0.5) is 15.8 Å². The largest absolute Gasteiger partial charge is 0.497 e. The number of halogens is 1. The molecule has 0 spiro atoms. The molecule has 38 heavy (non-hydrogen) atoms. The van der Waals surface area contributed by atoms with Crippen LogP contribution in [0.15, 0.2) is 35.2 Å². The molecule has 7 nitrogen and oxygen atoms in total. The molecule has 9 heteroatoms. The maximum atomic E-state index is 15.0. The molecule has 1 N–H and O–H groups in total. The number of hydrogen-bond acceptors (Lipinski definition) is 5. The van der Waals surface area contributed by atoms with Crippen LogP contribution in [0.3, 0.4) is 0 Å². The fraction of sp³-hybridized carbons (Fsp3) is 0.552. The van der Waals surface area contributed by atoms with Crippen molar-refractivity contribution in [2.45, 2.75) is 51.9 Å². The molecule has 1 fully saturated rings. The Labute approximate surface area is 229 Å². The second-order valence-corrected chi connectivity index (χ2v) is 11.6. The Bertz CT molecular complexity index is 1090. The highest BCUT2D eigenvalue weighted by Gasteiger charge is 2.23. The van der Waals surface area contributed by atoms with Gasteiger partial charge in [0.1, 0.15) is 22.6 Å². The van der Waals surface area contributed by atoms with Crippen molar-refractivity contribution in [3.8, 4) is 5.75 Å². The summed E-state index contributed by atoms with van der Waals surface area (Å²) in [6.07, 6.45) is 2.25. The van der Waals surface area contributed by atoms with Crippen molar-refractivity contribution in [2.75, 3.05) is 63.6 Å². The van der Waals surface area contributed by atoms with Crippen LogP contribution in [-0.4, -0.2) is 72.7 Å². The van der Waals surface area contributed by atoms with Crippen molar-refractivity contribution < 1.29 is 18.1 Å². The number of carbonyl (C=O) groups excluding carboxylic acids is 1. The molecular formula is C29H43FN4O3S. The zero-order valence-electron chi connectivity index (χ0n) is 23.7. The summed E-state index contributed by atoms with van der Waals surface area (Å²) < 4.78 is 35.0. The molecule has 0 aromatic heterocycles. The second-order valence-electron chi connectivity index (χ2n) is 10.1. The SMILES string of the molecule is CCN(CC)CC1CCN(c2ccc(NC(=O)CCN(C)S(=O)c3c(C)cc(OC)cc3C)cc2F)CC1. The first-order chi connectivity index (χ1) is 18.2. The zero-order chi connectivity index (χ0) is 27.8. The number of piperidine rings is 1. The Kier molecular flexibility index (Phi) is 11.1. The number of aryl methyl sites for hydroxylation is 2. The van der Waals surface area contributed by atoms with Gasteiger partial charge in [0, 0.05) is 45.3 Å². The minimum Gasteiger partial charge on any atom is -0.497 e. The summed E-state index contributed by atoms with van der Waals surface area (Å²) in [7, 11) is 1.92. The van der Waals surface area contributed by atoms with Crippen molar-refractivity contribution in [1.82, 2.24) is 9.21 Å². The molecular weight excluding hydrogens is 503 g/mol. The Morgan fingerprint density at radius 2 is 1.76 bits per heavy atom. The van der Waals surface area contributed by atoms with Gasteiger partial charge < -0.3 is 19.9 Å². The normalized spacial score (nSPS) is 15.2. The fourth-order valence-electron chi connectivity index (χ4n) is 5.07. The molecule has 0 bridgehead atoms. The number of nitrogens with zero attached hydrogens (tertiary/aromatic N) is 3. The highest BCUT2D eigenvalue weighted by Crippen LogP contribution is 2.29. The molecule has 0 aliphatic carbocycles. The number of rotatable bonds is 12. The number of amides is 1. The number of anilines is 2. The summed E-state index contributed by atoms with van der Waals surface area (Å²) in [4.78, 5) is 17.9. The van der Waals surface area contributed by atoms with Crippen LogP contribution in [0.5, 0.6) is 5.75 Å². The van der Waals surface area contributed by atoms with Crippen LogP contribution in [0.25, 0.3) is 0 Å². The van der Waals surface area contributed by atoms with E-state index in [1.54, 1.807) is 30.6 Å². The molecule has 1 aliphatic rings. The van der Waals surface area contributed by atoms with Crippen LogP contribution in [0.2, 0.25) is 0 Å². The van der Waals surface area contributed by atoms with E-state index in [0.29, 0.717) is 23.8 Å². The van der Waals surface area contributed by atoms with Crippen molar-refractivity contribution in [3.63, 3.8) is 0 Å². The third-order valence-electron chi connectivity index (χ3n) is 7.38. The lowest BCUT2D eigenvalue weighted by Crippen LogP contribution is -2.39. The van der Waals surface area contributed by atoms with Gasteiger partial charge in [-0.05, 0) is 87.2 Å². The van der Waals surface area contributed by atoms with Gasteiger partial charge >= 0.3 is 0 Å². The first kappa shape index (κ1) is 30.1. The molecule has 0 saturated carbocycles. The summed E-state index contributed by atoms with van der Waals surface area (Å²) in [5.74, 6) is 0.800. The van der Waals surface area contributed by atoms with Gasteiger partial charge in [-0.25, -0.2) is 12.9 Å². The topological polar surface area (TPSA) is 65.1 Å². The average Bonchev–Trinajstić information content (AvgIpc) is 2.90. The van der Waals surface area contributed by atoms with Crippen molar-refractivity contribution in [1.29, 1.82) is 0 Å². The van der Waals surface area contributed by atoms with Gasteiger partial charge in [-0.2, -0.15) is 0 Å². The van der Waals surface area contributed by atoms with E-state index >= 15 is 0 Å². The van der Waals surface area contributed by atoms with E-state index in [1.807, 2.05) is 26.0 Å². The lowest BCUT2D eigenvalue weighted by molar-refractivity contribution is -0.116. The lowest BCUT2D eigenvalue weighted by Gasteiger charge is -2.35. The van der Waals surface area contributed by atoms with Crippen molar-refractivity contribution >= 4 is 28.3 Å². The van der Waals surface area contributed by atoms with Crippen LogP contribution in [0.1, 0.15) is 44.2 Å². The maximum Gasteiger partial charge on any atom is 0.225 e. The summed E-state index contributed by atoms with van der Waals surface area (Å²) in [5.41, 5.74) is 2.77. The van der Waals surface area contributed by atoms with E-state index in [2.05, 4.69) is 29.0 Å². The van der Waals surface area contributed by atoms with E-state index < -0.39 is 11.0 Å². The highest BCUT2D eigenvalue weighted by molar-refractivity contribution is 7.82. The Hall–Kier alpha value is -2.49. The smallest absolute Gasteiger partial charge is 0.225 e. The third kappa shape index (κ3) is 7.77. The first-order valence-electron chi connectivity index (χ1n) is 13.5. The minimum atomic E-state index is -1.41. The molecule has 0 radical (unpaired) electrons. The van der Waals surface area contributed by atoms with Crippen molar-refractivity contribution in [2.24, 2.45) is 5.92 Å². The quantitative estimate of drug-likeness (QED) is 0.406. The third-order valence-corrected chi connectivity index (χ3v) is 9.12. The molecule has 2 aromatic carbocycles. The van der Waals surface area contributed by atoms with Crippen LogP contribution in [-0.2, 0) is 15.8 Å². The number of carbonyl (C=O) groups is 1. The van der Waals surface area contributed by atoms with Gasteiger partial charge in [0.15, 0.2) is 0 Å². The number of methoxy groups -OCH3 is 1. The molecule has 1 aliphatic heterocycles. The highest BCUT2D eigenvalue weighted by atomic mass is 32.2. The van der Waals surface area contributed by atoms with E-state index in [9.17, 15) is 13.4 Å². The molecule has 210 valence electrons. The Morgan fingerprint density at radius 3 is 2.32 bits per heavy atom. The van der Waals surface area contributed by atoms with Crippen molar-refractivity contribution in [3.05, 3.63) is 47.3 Å². The molecule has 1 atom stereocenters. The molecule has 3 rings (SSSR count). The Morgan fingerprint density at radius 1 is 1.13 bits per heavy atom. The van der Waals surface area contributed by atoms with E-state index in [0.717, 1.165) is 67.3 Å². The fourth-order valence-corrected chi connectivity index (χ4v) is 6.31. The molecule has 1 amide bonds. The summed E-state index contributed by atoms with van der Waals surface area (Å²) in [5, 5.41) is 2.78. The summed E-state index contributed by atoms with van der Waals surface area (Å²) >= 11 is 0. The number of hydrogen-bond donors (Lipinski definition) is 1. The average molecular weight is 547 g/mol. The second kappa shape index (κ2) is 14.1. The molecule has 2 aromatic rings. The Balaban J connectivity index is 1.51. The van der Waals surface area contributed by atoms with Gasteiger partial charge in [-0.15, -0.1) is 0 Å². The minimum absolute atomic E-state index is 0.139. The predicted molar refractivity (Wildman–Crippen MR) is 154 cm³/mol. The monoisotopic (exact) mass is 546 g/mol. The predicted octanol–water partition coefficient (Wildman–Crippen LogP) is 4.99. The van der Waals surface area contributed by atoms with Gasteiger partial charge in [0.05, 0.1) is 17.7 Å². The van der Waals surface area contributed by atoms with Crippen LogP contribution in [0, 0.1) is 25.6 Å². The van der Waals surface area contributed by atoms with Crippen LogP contribution >= 0.6 is 0 Å². The van der Waals surface area contributed by atoms with Crippen LogP contribution < -0.4 is 15.0 Å². The van der Waals surface area contributed by atoms with Gasteiger partial charge in [-0.3, -0.25) is 4.79 Å². The van der Waals surface area contributed by atoms with E-state index in [-0.39, 0.29) is 18.1 Å². The summed E-state index contributed by atoms with van der Waals surface area (Å²) in [6, 6.07) is 8.61. The maximum absolute atomic E-state index is 15.0. The van der Waals surface area contributed by atoms with Gasteiger partial charge in [0.25, 0.3) is 0 Å². The van der Waals surface area contributed by atoms with Gasteiger partial charge in [-0.1, -0.05) is 13.8 Å². The standard InChI is InChI=1S/C29H43FN4O3S/c1-7-33(8-2)20-23-11-15-34(16-12-23)27-10-9-24(19-26(27)30)31-28(35)13-14-32(5)38(36)29-21(3)17-25(37-6)18-22(29)4/h9-10,17-19,23H,7-8,11-16,20H2,1-6H3,(H,31,35). The number of ether oxygens (including phenoxy) is 1. The van der Waals surface area contributed by atoms with E-state index in [4.69, 9.17) is 4.74 Å². The number of nitrogens with one attached hydrogen (secondary N) is 1. The molecule has 1 heterocycles.